The molecule has 2 rings (SSSR count). The Labute approximate surface area is 147 Å². The van der Waals surface area contributed by atoms with Crippen LogP contribution in [-0.4, -0.2) is 46.7 Å². The number of carbonyl (C=O) groups excluding carboxylic acids is 1. The van der Waals surface area contributed by atoms with Crippen LogP contribution in [0.5, 0.6) is 5.75 Å². The van der Waals surface area contributed by atoms with Gasteiger partial charge in [0.05, 0.1) is 11.8 Å². The van der Waals surface area contributed by atoms with Crippen molar-refractivity contribution in [2.45, 2.75) is 25.6 Å². The van der Waals surface area contributed by atoms with Crippen LogP contribution >= 0.6 is 11.6 Å². The van der Waals surface area contributed by atoms with Gasteiger partial charge in [-0.3, -0.25) is 9.59 Å². The molecule has 0 unspecified atom stereocenters. The average Bonchev–Trinajstić information content (AvgIpc) is 2.91. The lowest BCUT2D eigenvalue weighted by atomic mass is 9.96. The van der Waals surface area contributed by atoms with Crippen molar-refractivity contribution in [3.63, 3.8) is 0 Å². The van der Waals surface area contributed by atoms with Gasteiger partial charge in [-0.15, -0.1) is 0 Å². The van der Waals surface area contributed by atoms with E-state index in [-0.39, 0.29) is 5.75 Å². The van der Waals surface area contributed by atoms with E-state index in [1.54, 1.807) is 18.2 Å². The van der Waals surface area contributed by atoms with Gasteiger partial charge in [0.1, 0.15) is 5.75 Å². The number of carboxylic acids is 1. The molecular weight excluding hydrogens is 363 g/mol. The highest BCUT2D eigenvalue weighted by Crippen LogP contribution is 2.38. The summed E-state index contributed by atoms with van der Waals surface area (Å²) in [6.07, 6.45) is -4.70. The molecule has 9 heteroatoms. The number of nitrogens with zero attached hydrogens (tertiary/aromatic N) is 1. The maximum Gasteiger partial charge on any atom is 0.394 e. The highest BCUT2D eigenvalue weighted by molar-refractivity contribution is 6.30. The third kappa shape index (κ3) is 4.36. The van der Waals surface area contributed by atoms with Crippen molar-refractivity contribution in [2.24, 2.45) is 11.8 Å². The number of carboxylic acid groups (broad SMARTS) is 1. The van der Waals surface area contributed by atoms with E-state index in [0.717, 1.165) is 4.90 Å². The minimum atomic E-state index is -4.70. The van der Waals surface area contributed by atoms with Gasteiger partial charge < -0.3 is 14.7 Å². The lowest BCUT2D eigenvalue weighted by Crippen LogP contribution is -2.48. The molecule has 1 aliphatic rings. The lowest BCUT2D eigenvalue weighted by Gasteiger charge is -2.30. The minimum Gasteiger partial charge on any atom is -0.481 e. The molecule has 0 saturated carbocycles. The average molecular weight is 380 g/mol. The summed E-state index contributed by atoms with van der Waals surface area (Å²) in [7, 11) is 0. The van der Waals surface area contributed by atoms with E-state index < -0.39 is 48.6 Å². The quantitative estimate of drug-likeness (QED) is 0.872. The zero-order chi connectivity index (χ0) is 19.0. The SMILES string of the molecule is CC(C)(Oc1cccc(Cl)c1)C(=O)N1C[C@@H](C(F)(F)F)[C@H](C(=O)O)C1. The first-order chi connectivity index (χ1) is 11.4. The summed E-state index contributed by atoms with van der Waals surface area (Å²) in [6, 6.07) is 6.24. The number of ether oxygens (including phenoxy) is 1. The molecule has 1 heterocycles. The number of benzene rings is 1. The monoisotopic (exact) mass is 379 g/mol. The van der Waals surface area contributed by atoms with Crippen molar-refractivity contribution >= 4 is 23.5 Å². The second-order valence-corrected chi connectivity index (χ2v) is 6.81. The molecule has 2 atom stereocenters. The van der Waals surface area contributed by atoms with Gasteiger partial charge in [0.15, 0.2) is 5.60 Å². The van der Waals surface area contributed by atoms with Crippen LogP contribution < -0.4 is 4.74 Å². The predicted molar refractivity (Wildman–Crippen MR) is 83.4 cm³/mol. The van der Waals surface area contributed by atoms with Crippen LogP contribution in [0.25, 0.3) is 0 Å². The molecule has 5 nitrogen and oxygen atoms in total. The summed E-state index contributed by atoms with van der Waals surface area (Å²) in [5, 5.41) is 9.41. The maximum atomic E-state index is 13.0. The Kier molecular flexibility index (Phi) is 5.22. The first-order valence-electron chi connectivity index (χ1n) is 7.45. The number of aliphatic carboxylic acids is 1. The topological polar surface area (TPSA) is 66.8 Å². The van der Waals surface area contributed by atoms with E-state index in [0.29, 0.717) is 5.02 Å². The normalized spacial score (nSPS) is 21.3. The van der Waals surface area contributed by atoms with E-state index in [1.165, 1.54) is 19.9 Å². The summed E-state index contributed by atoms with van der Waals surface area (Å²) in [5.74, 6) is -5.80. The van der Waals surface area contributed by atoms with E-state index >= 15 is 0 Å². The molecule has 1 aliphatic heterocycles. The molecule has 1 saturated heterocycles. The van der Waals surface area contributed by atoms with E-state index in [9.17, 15) is 22.8 Å². The largest absolute Gasteiger partial charge is 0.481 e. The van der Waals surface area contributed by atoms with Gasteiger partial charge in [0.25, 0.3) is 5.91 Å². The Bertz CT molecular complexity index is 678. The van der Waals surface area contributed by atoms with Gasteiger partial charge >= 0.3 is 12.1 Å². The van der Waals surface area contributed by atoms with Crippen LogP contribution in [0, 0.1) is 11.8 Å². The van der Waals surface area contributed by atoms with Crippen molar-refractivity contribution in [1.82, 2.24) is 4.90 Å². The Morgan fingerprint density at radius 2 is 1.92 bits per heavy atom. The van der Waals surface area contributed by atoms with Gasteiger partial charge in [-0.05, 0) is 32.0 Å². The van der Waals surface area contributed by atoms with Gasteiger partial charge in [0.2, 0.25) is 0 Å². The summed E-state index contributed by atoms with van der Waals surface area (Å²) < 4.78 is 44.7. The summed E-state index contributed by atoms with van der Waals surface area (Å²) in [5.41, 5.74) is -1.48. The molecule has 1 fully saturated rings. The summed E-state index contributed by atoms with van der Waals surface area (Å²) in [4.78, 5) is 24.6. The standard InChI is InChI=1S/C16H17ClF3NO4/c1-15(2,25-10-5-3-4-9(17)6-10)14(24)21-7-11(13(22)23)12(8-21)16(18,19)20/h3-6,11-12H,7-8H2,1-2H3,(H,22,23)/t11-,12-/m1/s1. The smallest absolute Gasteiger partial charge is 0.394 e. The van der Waals surface area contributed by atoms with E-state index in [4.69, 9.17) is 21.4 Å². The Morgan fingerprint density at radius 1 is 1.28 bits per heavy atom. The van der Waals surface area contributed by atoms with Crippen molar-refractivity contribution in [3.8, 4) is 5.75 Å². The molecule has 0 spiro atoms. The molecule has 0 bridgehead atoms. The zero-order valence-electron chi connectivity index (χ0n) is 13.5. The molecule has 1 aromatic rings. The molecule has 1 N–H and O–H groups in total. The van der Waals surface area contributed by atoms with E-state index in [2.05, 4.69) is 0 Å². The molecule has 0 aliphatic carbocycles. The Morgan fingerprint density at radius 3 is 2.40 bits per heavy atom. The maximum absolute atomic E-state index is 13.0. The first-order valence-corrected chi connectivity index (χ1v) is 7.83. The van der Waals surface area contributed by atoms with Crippen molar-refractivity contribution in [2.75, 3.05) is 13.1 Å². The number of rotatable bonds is 4. The van der Waals surface area contributed by atoms with Crippen LogP contribution in [0.3, 0.4) is 0 Å². The van der Waals surface area contributed by atoms with Crippen LogP contribution in [0.15, 0.2) is 24.3 Å². The number of carbonyl (C=O) groups is 2. The fraction of sp³-hybridized carbons (Fsp3) is 0.500. The van der Waals surface area contributed by atoms with Crippen LogP contribution in [0.2, 0.25) is 5.02 Å². The number of alkyl halides is 3. The number of hydrogen-bond acceptors (Lipinski definition) is 3. The molecule has 0 aromatic heterocycles. The van der Waals surface area contributed by atoms with Gasteiger partial charge in [0, 0.05) is 18.1 Å². The zero-order valence-corrected chi connectivity index (χ0v) is 14.3. The lowest BCUT2D eigenvalue weighted by molar-refractivity contribution is -0.188. The van der Waals surface area contributed by atoms with Crippen molar-refractivity contribution in [1.29, 1.82) is 0 Å². The third-order valence-electron chi connectivity index (χ3n) is 4.03. The first kappa shape index (κ1) is 19.4. The summed E-state index contributed by atoms with van der Waals surface area (Å²) in [6.45, 7) is 1.60. The van der Waals surface area contributed by atoms with Crippen LogP contribution in [-0.2, 0) is 9.59 Å². The van der Waals surface area contributed by atoms with Gasteiger partial charge in [-0.25, -0.2) is 0 Å². The highest BCUT2D eigenvalue weighted by atomic mass is 35.5. The van der Waals surface area contributed by atoms with Gasteiger partial charge in [-0.1, -0.05) is 17.7 Å². The Balaban J connectivity index is 2.17. The number of hydrogen-bond donors (Lipinski definition) is 1. The summed E-state index contributed by atoms with van der Waals surface area (Å²) >= 11 is 5.84. The predicted octanol–water partition coefficient (Wildman–Crippen LogP) is 3.22. The number of halogens is 4. The Hall–Kier alpha value is -1.96. The van der Waals surface area contributed by atoms with Crippen LogP contribution in [0.4, 0.5) is 13.2 Å². The van der Waals surface area contributed by atoms with Crippen molar-refractivity contribution < 1.29 is 32.6 Å². The molecule has 1 amide bonds. The molecule has 25 heavy (non-hydrogen) atoms. The fourth-order valence-electron chi connectivity index (χ4n) is 2.80. The molecule has 138 valence electrons. The molecule has 0 radical (unpaired) electrons. The second-order valence-electron chi connectivity index (χ2n) is 6.37. The number of likely N-dealkylation sites (tertiary alicyclic amines) is 1. The number of amides is 1. The van der Waals surface area contributed by atoms with E-state index in [1.807, 2.05) is 0 Å². The minimum absolute atomic E-state index is 0.284. The molecular formula is C16H17ClF3NO4. The highest BCUT2D eigenvalue weighted by Gasteiger charge is 2.54. The van der Waals surface area contributed by atoms with Gasteiger partial charge in [-0.2, -0.15) is 13.2 Å². The fourth-order valence-corrected chi connectivity index (χ4v) is 2.98. The van der Waals surface area contributed by atoms with Crippen molar-refractivity contribution in [3.05, 3.63) is 29.3 Å². The third-order valence-corrected chi connectivity index (χ3v) is 4.26. The second kappa shape index (κ2) is 6.74. The van der Waals surface area contributed by atoms with Crippen LogP contribution in [0.1, 0.15) is 13.8 Å². The molecule has 1 aromatic carbocycles.